The van der Waals surface area contributed by atoms with Gasteiger partial charge in [-0.3, -0.25) is 4.98 Å². The summed E-state index contributed by atoms with van der Waals surface area (Å²) < 4.78 is 0. The molecule has 108 valence electrons. The van der Waals surface area contributed by atoms with Crippen molar-refractivity contribution in [2.75, 3.05) is 0 Å². The van der Waals surface area contributed by atoms with Gasteiger partial charge in [0.05, 0.1) is 5.69 Å². The second kappa shape index (κ2) is 5.98. The molecule has 0 saturated carbocycles. The SMILES string of the molecule is C=Cc1ccc(-c2cc(C)cc(C)c2)cc1-c1ccccn1. The van der Waals surface area contributed by atoms with Gasteiger partial charge in [-0.05, 0) is 48.7 Å². The predicted octanol–water partition coefficient (Wildman–Crippen LogP) is 5.68. The Labute approximate surface area is 132 Å². The molecular formula is C21H19N. The van der Waals surface area contributed by atoms with Crippen LogP contribution in [0.5, 0.6) is 0 Å². The van der Waals surface area contributed by atoms with Crippen molar-refractivity contribution < 1.29 is 0 Å². The number of pyridine rings is 1. The molecule has 0 N–H and O–H groups in total. The zero-order chi connectivity index (χ0) is 15.5. The second-order valence-electron chi connectivity index (χ2n) is 5.60. The van der Waals surface area contributed by atoms with Crippen molar-refractivity contribution in [3.63, 3.8) is 0 Å². The van der Waals surface area contributed by atoms with Gasteiger partial charge in [-0.25, -0.2) is 0 Å². The number of hydrogen-bond acceptors (Lipinski definition) is 1. The van der Waals surface area contributed by atoms with Gasteiger partial charge in [0, 0.05) is 11.8 Å². The van der Waals surface area contributed by atoms with Crippen LogP contribution < -0.4 is 0 Å². The molecule has 0 fully saturated rings. The second-order valence-corrected chi connectivity index (χ2v) is 5.60. The molecule has 3 rings (SSSR count). The maximum atomic E-state index is 4.48. The van der Waals surface area contributed by atoms with Crippen molar-refractivity contribution in [2.45, 2.75) is 13.8 Å². The van der Waals surface area contributed by atoms with Crippen LogP contribution in [0.4, 0.5) is 0 Å². The van der Waals surface area contributed by atoms with Gasteiger partial charge >= 0.3 is 0 Å². The van der Waals surface area contributed by atoms with E-state index in [9.17, 15) is 0 Å². The van der Waals surface area contributed by atoms with Crippen LogP contribution in [0.15, 0.2) is 67.4 Å². The van der Waals surface area contributed by atoms with Gasteiger partial charge in [0.25, 0.3) is 0 Å². The number of nitrogens with zero attached hydrogens (tertiary/aromatic N) is 1. The average molecular weight is 285 g/mol. The minimum absolute atomic E-state index is 0.976. The van der Waals surface area contributed by atoms with E-state index in [-0.39, 0.29) is 0 Å². The van der Waals surface area contributed by atoms with Crippen molar-refractivity contribution in [2.24, 2.45) is 0 Å². The van der Waals surface area contributed by atoms with E-state index in [4.69, 9.17) is 0 Å². The van der Waals surface area contributed by atoms with Crippen LogP contribution >= 0.6 is 0 Å². The molecule has 0 aliphatic heterocycles. The average Bonchev–Trinajstić information content (AvgIpc) is 2.54. The first-order chi connectivity index (χ1) is 10.7. The Morgan fingerprint density at radius 1 is 0.864 bits per heavy atom. The fourth-order valence-corrected chi connectivity index (χ4v) is 2.80. The lowest BCUT2D eigenvalue weighted by molar-refractivity contribution is 1.32. The largest absolute Gasteiger partial charge is 0.256 e. The summed E-state index contributed by atoms with van der Waals surface area (Å²) in [6, 6.07) is 19.1. The maximum Gasteiger partial charge on any atom is 0.0708 e. The van der Waals surface area contributed by atoms with E-state index in [1.165, 1.54) is 22.3 Å². The molecule has 0 aliphatic carbocycles. The van der Waals surface area contributed by atoms with Gasteiger partial charge in [0.2, 0.25) is 0 Å². The van der Waals surface area contributed by atoms with Crippen molar-refractivity contribution in [1.82, 2.24) is 4.98 Å². The Balaban J connectivity index is 2.17. The standard InChI is InChI=1S/C21H19N/c1-4-17-8-9-18(19-12-15(2)11-16(3)13-19)14-20(17)21-7-5-6-10-22-21/h4-14H,1H2,2-3H3. The lowest BCUT2D eigenvalue weighted by Gasteiger charge is -2.10. The molecule has 0 saturated heterocycles. The van der Waals surface area contributed by atoms with Crippen LogP contribution in [0.25, 0.3) is 28.5 Å². The van der Waals surface area contributed by atoms with Crippen LogP contribution in [0.1, 0.15) is 16.7 Å². The molecular weight excluding hydrogens is 266 g/mol. The summed E-state index contributed by atoms with van der Waals surface area (Å²) in [4.78, 5) is 4.48. The fraction of sp³-hybridized carbons (Fsp3) is 0.0952. The predicted molar refractivity (Wildman–Crippen MR) is 94.7 cm³/mol. The molecule has 0 spiro atoms. The summed E-state index contributed by atoms with van der Waals surface area (Å²) in [5.74, 6) is 0. The van der Waals surface area contributed by atoms with Gasteiger partial charge in [-0.1, -0.05) is 60.2 Å². The Morgan fingerprint density at radius 3 is 2.27 bits per heavy atom. The van der Waals surface area contributed by atoms with Gasteiger partial charge in [-0.2, -0.15) is 0 Å². The molecule has 1 heterocycles. The molecule has 1 nitrogen and oxygen atoms in total. The smallest absolute Gasteiger partial charge is 0.0708 e. The third kappa shape index (κ3) is 2.84. The normalized spacial score (nSPS) is 10.5. The molecule has 0 amide bonds. The van der Waals surface area contributed by atoms with Crippen LogP contribution in [0.2, 0.25) is 0 Å². The van der Waals surface area contributed by atoms with E-state index < -0.39 is 0 Å². The summed E-state index contributed by atoms with van der Waals surface area (Å²) in [6.07, 6.45) is 3.71. The number of aromatic nitrogens is 1. The minimum atomic E-state index is 0.976. The Kier molecular flexibility index (Phi) is 3.88. The van der Waals surface area contributed by atoms with E-state index in [2.05, 4.69) is 61.8 Å². The van der Waals surface area contributed by atoms with E-state index >= 15 is 0 Å². The summed E-state index contributed by atoms with van der Waals surface area (Å²) in [7, 11) is 0. The minimum Gasteiger partial charge on any atom is -0.256 e. The summed E-state index contributed by atoms with van der Waals surface area (Å²) in [6.45, 7) is 8.19. The number of aryl methyl sites for hydroxylation is 2. The number of rotatable bonds is 3. The van der Waals surface area contributed by atoms with Crippen molar-refractivity contribution in [1.29, 1.82) is 0 Å². The molecule has 1 aromatic heterocycles. The van der Waals surface area contributed by atoms with Gasteiger partial charge in [0.1, 0.15) is 0 Å². The van der Waals surface area contributed by atoms with Crippen molar-refractivity contribution in [3.05, 3.63) is 84.1 Å². The third-order valence-electron chi connectivity index (χ3n) is 3.77. The van der Waals surface area contributed by atoms with Crippen molar-refractivity contribution in [3.8, 4) is 22.4 Å². The van der Waals surface area contributed by atoms with Crippen LogP contribution in [-0.2, 0) is 0 Å². The van der Waals surface area contributed by atoms with Crippen LogP contribution in [-0.4, -0.2) is 4.98 Å². The Hall–Kier alpha value is -2.67. The van der Waals surface area contributed by atoms with E-state index in [1.807, 2.05) is 30.5 Å². The van der Waals surface area contributed by atoms with Crippen molar-refractivity contribution >= 4 is 6.08 Å². The summed E-state index contributed by atoms with van der Waals surface area (Å²) in [5.41, 5.74) is 8.20. The summed E-state index contributed by atoms with van der Waals surface area (Å²) in [5, 5.41) is 0. The van der Waals surface area contributed by atoms with Gasteiger partial charge in [0.15, 0.2) is 0 Å². The highest BCUT2D eigenvalue weighted by molar-refractivity contribution is 5.79. The lowest BCUT2D eigenvalue weighted by Crippen LogP contribution is -1.89. The van der Waals surface area contributed by atoms with E-state index in [0.717, 1.165) is 16.8 Å². The molecule has 22 heavy (non-hydrogen) atoms. The topological polar surface area (TPSA) is 12.9 Å². The number of hydrogen-bond donors (Lipinski definition) is 0. The Bertz CT molecular complexity index is 796. The fourth-order valence-electron chi connectivity index (χ4n) is 2.80. The lowest BCUT2D eigenvalue weighted by atomic mass is 9.95. The quantitative estimate of drug-likeness (QED) is 0.603. The van der Waals surface area contributed by atoms with E-state index in [1.54, 1.807) is 0 Å². The molecule has 0 unspecified atom stereocenters. The molecule has 0 aliphatic rings. The first-order valence-corrected chi connectivity index (χ1v) is 7.44. The van der Waals surface area contributed by atoms with Crippen LogP contribution in [0, 0.1) is 13.8 Å². The van der Waals surface area contributed by atoms with E-state index in [0.29, 0.717) is 0 Å². The molecule has 0 bridgehead atoms. The zero-order valence-corrected chi connectivity index (χ0v) is 13.0. The third-order valence-corrected chi connectivity index (χ3v) is 3.77. The Morgan fingerprint density at radius 2 is 1.64 bits per heavy atom. The molecule has 0 atom stereocenters. The molecule has 1 heteroatoms. The van der Waals surface area contributed by atoms with Crippen LogP contribution in [0.3, 0.4) is 0 Å². The highest BCUT2D eigenvalue weighted by atomic mass is 14.7. The first kappa shape index (κ1) is 14.3. The highest BCUT2D eigenvalue weighted by Gasteiger charge is 2.07. The molecule has 0 radical (unpaired) electrons. The highest BCUT2D eigenvalue weighted by Crippen LogP contribution is 2.30. The summed E-state index contributed by atoms with van der Waals surface area (Å²) >= 11 is 0. The van der Waals surface area contributed by atoms with Gasteiger partial charge < -0.3 is 0 Å². The van der Waals surface area contributed by atoms with Gasteiger partial charge in [-0.15, -0.1) is 0 Å². The first-order valence-electron chi connectivity index (χ1n) is 7.44. The molecule has 2 aromatic carbocycles. The zero-order valence-electron chi connectivity index (χ0n) is 13.0. The molecule has 3 aromatic rings. The monoisotopic (exact) mass is 285 g/mol. The number of benzene rings is 2. The maximum absolute atomic E-state index is 4.48.